The molecule has 2 nitrogen and oxygen atoms in total. The number of hydrogen-bond donors (Lipinski definition) is 0. The van der Waals surface area contributed by atoms with E-state index in [0.717, 1.165) is 22.7 Å². The van der Waals surface area contributed by atoms with Crippen LogP contribution in [0.15, 0.2) is 206 Å². The Morgan fingerprint density at radius 3 is 1.50 bits per heavy atom. The Bertz CT molecular complexity index is 2550. The molecule has 0 amide bonds. The van der Waals surface area contributed by atoms with Crippen molar-refractivity contribution < 1.29 is 0 Å². The van der Waals surface area contributed by atoms with Gasteiger partial charge in [-0.2, -0.15) is 0 Å². The average Bonchev–Trinajstić information content (AvgIpc) is 3.53. The van der Waals surface area contributed by atoms with Gasteiger partial charge in [-0.05, 0) is 82.4 Å². The Balaban J connectivity index is 1.30. The summed E-state index contributed by atoms with van der Waals surface area (Å²) in [6, 6.07) is 74.1. The van der Waals surface area contributed by atoms with Gasteiger partial charge in [0.05, 0.1) is 16.7 Å². The largest absolute Gasteiger partial charge is 0.310 e. The van der Waals surface area contributed by atoms with E-state index in [1.54, 1.807) is 0 Å². The van der Waals surface area contributed by atoms with Crippen molar-refractivity contribution in [1.29, 1.82) is 0 Å². The number of aromatic nitrogens is 1. The number of nitrogens with zero attached hydrogens (tertiary/aromatic N) is 2. The molecule has 1 aromatic heterocycles. The molecule has 0 saturated heterocycles. The molecule has 0 bridgehead atoms. The fourth-order valence-electron chi connectivity index (χ4n) is 7.20. The van der Waals surface area contributed by atoms with Gasteiger partial charge in [0.1, 0.15) is 0 Å². The van der Waals surface area contributed by atoms with Crippen LogP contribution in [-0.2, 0) is 0 Å². The van der Waals surface area contributed by atoms with Crippen molar-refractivity contribution >= 4 is 38.9 Å². The zero-order valence-electron chi connectivity index (χ0n) is 27.5. The Morgan fingerprint density at radius 1 is 0.320 bits per heavy atom. The van der Waals surface area contributed by atoms with Crippen molar-refractivity contribution in [3.8, 4) is 39.1 Å². The van der Waals surface area contributed by atoms with Crippen LogP contribution in [0.2, 0.25) is 0 Å². The third-order valence-electron chi connectivity index (χ3n) is 9.59. The molecule has 0 aliphatic heterocycles. The molecule has 0 aliphatic rings. The van der Waals surface area contributed by atoms with Gasteiger partial charge in [-0.25, -0.2) is 0 Å². The van der Waals surface area contributed by atoms with Gasteiger partial charge in [0, 0.05) is 33.4 Å². The highest BCUT2D eigenvalue weighted by molar-refractivity contribution is 6.10. The van der Waals surface area contributed by atoms with E-state index in [1.807, 2.05) is 0 Å². The Labute approximate surface area is 292 Å². The molecule has 0 atom stereocenters. The average molecular weight is 639 g/mol. The highest BCUT2D eigenvalue weighted by Gasteiger charge is 2.21. The summed E-state index contributed by atoms with van der Waals surface area (Å²) in [5, 5.41) is 2.48. The van der Waals surface area contributed by atoms with Crippen LogP contribution in [0.1, 0.15) is 0 Å². The molecular weight excluding hydrogens is 605 g/mol. The van der Waals surface area contributed by atoms with E-state index in [2.05, 4.69) is 216 Å². The molecule has 8 aromatic carbocycles. The van der Waals surface area contributed by atoms with Crippen molar-refractivity contribution in [2.24, 2.45) is 0 Å². The summed E-state index contributed by atoms with van der Waals surface area (Å²) in [6.45, 7) is 0. The zero-order valence-corrected chi connectivity index (χ0v) is 27.5. The lowest BCUT2D eigenvalue weighted by atomic mass is 9.96. The third-order valence-corrected chi connectivity index (χ3v) is 9.59. The molecule has 0 spiro atoms. The van der Waals surface area contributed by atoms with Gasteiger partial charge in [-0.3, -0.25) is 0 Å². The number of hydrogen-bond acceptors (Lipinski definition) is 1. The minimum Gasteiger partial charge on any atom is -0.310 e. The number of rotatable bonds is 7. The van der Waals surface area contributed by atoms with Crippen molar-refractivity contribution in [2.45, 2.75) is 0 Å². The second-order valence-electron chi connectivity index (χ2n) is 12.6. The van der Waals surface area contributed by atoms with Gasteiger partial charge in [-0.15, -0.1) is 0 Å². The number of fused-ring (bicyclic) bond motifs is 3. The molecule has 0 radical (unpaired) electrons. The summed E-state index contributed by atoms with van der Waals surface area (Å²) in [7, 11) is 0. The molecule has 0 aliphatic carbocycles. The Kier molecular flexibility index (Phi) is 7.53. The monoisotopic (exact) mass is 638 g/mol. The topological polar surface area (TPSA) is 8.17 Å². The van der Waals surface area contributed by atoms with Crippen LogP contribution in [0, 0.1) is 0 Å². The maximum atomic E-state index is 2.42. The predicted molar refractivity (Wildman–Crippen MR) is 212 cm³/mol. The molecular formula is C48H34N2. The van der Waals surface area contributed by atoms with Crippen LogP contribution < -0.4 is 4.90 Å². The van der Waals surface area contributed by atoms with E-state index in [-0.39, 0.29) is 0 Å². The fraction of sp³-hybridized carbons (Fsp3) is 0. The first-order valence-electron chi connectivity index (χ1n) is 17.1. The summed E-state index contributed by atoms with van der Waals surface area (Å²) in [4.78, 5) is 2.42. The first-order chi connectivity index (χ1) is 24.8. The van der Waals surface area contributed by atoms with E-state index >= 15 is 0 Å². The molecule has 0 N–H and O–H groups in total. The summed E-state index contributed by atoms with van der Waals surface area (Å²) in [6.07, 6.45) is 0. The maximum absolute atomic E-state index is 2.42. The Hall–Kier alpha value is -6.64. The fourth-order valence-corrected chi connectivity index (χ4v) is 7.20. The molecule has 2 heteroatoms. The highest BCUT2D eigenvalue weighted by atomic mass is 15.1. The van der Waals surface area contributed by atoms with Gasteiger partial charge in [0.25, 0.3) is 0 Å². The molecule has 0 unspecified atom stereocenters. The second kappa shape index (κ2) is 12.8. The third kappa shape index (κ3) is 5.34. The first-order valence-corrected chi connectivity index (χ1v) is 17.1. The molecule has 0 fully saturated rings. The van der Waals surface area contributed by atoms with Crippen LogP contribution in [0.3, 0.4) is 0 Å². The zero-order chi connectivity index (χ0) is 33.3. The van der Waals surface area contributed by atoms with Crippen LogP contribution in [0.5, 0.6) is 0 Å². The predicted octanol–water partition coefficient (Wildman–Crippen LogP) is 13.3. The minimum absolute atomic E-state index is 1.09. The minimum atomic E-state index is 1.09. The second-order valence-corrected chi connectivity index (χ2v) is 12.6. The van der Waals surface area contributed by atoms with E-state index in [1.165, 1.54) is 55.2 Å². The lowest BCUT2D eigenvalue weighted by Gasteiger charge is -2.29. The van der Waals surface area contributed by atoms with Gasteiger partial charge < -0.3 is 9.47 Å². The molecule has 0 saturated carbocycles. The summed E-state index contributed by atoms with van der Waals surface area (Å²) in [5.74, 6) is 0. The van der Waals surface area contributed by atoms with Crippen LogP contribution in [0.25, 0.3) is 60.9 Å². The molecule has 50 heavy (non-hydrogen) atoms. The molecule has 236 valence electrons. The lowest BCUT2D eigenvalue weighted by molar-refractivity contribution is 1.18. The number of anilines is 3. The molecule has 1 heterocycles. The van der Waals surface area contributed by atoms with E-state index in [0.29, 0.717) is 0 Å². The van der Waals surface area contributed by atoms with Crippen LogP contribution >= 0.6 is 0 Å². The van der Waals surface area contributed by atoms with Crippen molar-refractivity contribution in [2.75, 3.05) is 4.90 Å². The van der Waals surface area contributed by atoms with Gasteiger partial charge in [0.15, 0.2) is 0 Å². The maximum Gasteiger partial charge on any atom is 0.0561 e. The quantitative estimate of drug-likeness (QED) is 0.169. The molecule has 9 aromatic rings. The van der Waals surface area contributed by atoms with Gasteiger partial charge in [-0.1, -0.05) is 152 Å². The highest BCUT2D eigenvalue weighted by Crippen LogP contribution is 2.44. The van der Waals surface area contributed by atoms with E-state index < -0.39 is 0 Å². The van der Waals surface area contributed by atoms with Crippen molar-refractivity contribution in [1.82, 2.24) is 4.57 Å². The van der Waals surface area contributed by atoms with Crippen LogP contribution in [-0.4, -0.2) is 4.57 Å². The van der Waals surface area contributed by atoms with E-state index in [4.69, 9.17) is 0 Å². The van der Waals surface area contributed by atoms with Crippen LogP contribution in [0.4, 0.5) is 17.1 Å². The summed E-state index contributed by atoms with van der Waals surface area (Å²) in [5.41, 5.74) is 13.9. The summed E-state index contributed by atoms with van der Waals surface area (Å²) >= 11 is 0. The standard InChI is InChI=1S/C48H34N2/c1-5-15-35(16-6-1)37-25-28-41(29-26-37)49(47-32-27-39(36-17-7-2-8-18-36)33-45(47)38-19-9-3-10-20-38)42-30-31-44-43-23-13-14-24-46(43)50(48(44)34-42)40-21-11-4-12-22-40/h1-34H. The lowest BCUT2D eigenvalue weighted by Crippen LogP contribution is -2.11. The number of benzene rings is 8. The SMILES string of the molecule is c1ccc(-c2ccc(N(c3ccc4c5ccccc5n(-c5ccccc5)c4c3)c3ccc(-c4ccccc4)cc3-c3ccccc3)cc2)cc1. The Morgan fingerprint density at radius 2 is 0.820 bits per heavy atom. The number of para-hydroxylation sites is 2. The summed E-state index contributed by atoms with van der Waals surface area (Å²) < 4.78 is 2.39. The molecule has 9 rings (SSSR count). The van der Waals surface area contributed by atoms with Gasteiger partial charge in [0.2, 0.25) is 0 Å². The van der Waals surface area contributed by atoms with Crippen molar-refractivity contribution in [3.63, 3.8) is 0 Å². The van der Waals surface area contributed by atoms with E-state index in [9.17, 15) is 0 Å². The van der Waals surface area contributed by atoms with Gasteiger partial charge >= 0.3 is 0 Å². The first kappa shape index (κ1) is 29.5. The smallest absolute Gasteiger partial charge is 0.0561 e. The normalized spacial score (nSPS) is 11.2. The van der Waals surface area contributed by atoms with Crippen molar-refractivity contribution in [3.05, 3.63) is 206 Å².